The fourth-order valence-corrected chi connectivity index (χ4v) is 4.80. The summed E-state index contributed by atoms with van der Waals surface area (Å²) in [7, 11) is 4.25. The minimum absolute atomic E-state index is 0.342. The van der Waals surface area contributed by atoms with Crippen molar-refractivity contribution in [3.63, 3.8) is 0 Å². The van der Waals surface area contributed by atoms with E-state index in [-0.39, 0.29) is 0 Å². The Morgan fingerprint density at radius 1 is 1.14 bits per heavy atom. The number of rotatable bonds is 3. The van der Waals surface area contributed by atoms with Gasteiger partial charge in [-0.15, -0.1) is 0 Å². The molecular formula is C18H33N3O. The van der Waals surface area contributed by atoms with Gasteiger partial charge >= 0.3 is 0 Å². The van der Waals surface area contributed by atoms with Crippen LogP contribution in [-0.4, -0.2) is 73.0 Å². The number of carbonyl (C=O) groups excluding carboxylic acids is 1. The third kappa shape index (κ3) is 3.48. The Morgan fingerprint density at radius 2 is 1.86 bits per heavy atom. The highest BCUT2D eigenvalue weighted by atomic mass is 16.2. The molecule has 4 nitrogen and oxygen atoms in total. The molecule has 0 radical (unpaired) electrons. The molecule has 2 aliphatic heterocycles. The SMILES string of the molecule is CC1CCC(N(C)C(=O)CN2CCCC3CN(C)CC32)CC1. The van der Waals surface area contributed by atoms with E-state index in [1.165, 1.54) is 45.1 Å². The first kappa shape index (κ1) is 16.3. The maximum absolute atomic E-state index is 12.7. The van der Waals surface area contributed by atoms with E-state index in [0.29, 0.717) is 24.5 Å². The van der Waals surface area contributed by atoms with Gasteiger partial charge in [0.05, 0.1) is 6.54 Å². The molecule has 0 aromatic heterocycles. The standard InChI is InChI=1S/C18H33N3O/c1-14-6-8-16(9-7-14)20(3)18(22)13-21-10-4-5-15-11-19(2)12-17(15)21/h14-17H,4-13H2,1-3H3. The zero-order chi connectivity index (χ0) is 15.7. The fraction of sp³-hybridized carbons (Fsp3) is 0.944. The number of fused-ring (bicyclic) bond motifs is 1. The summed E-state index contributed by atoms with van der Waals surface area (Å²) in [6.07, 6.45) is 7.54. The topological polar surface area (TPSA) is 26.8 Å². The van der Waals surface area contributed by atoms with Crippen LogP contribution in [0.15, 0.2) is 0 Å². The van der Waals surface area contributed by atoms with Crippen molar-refractivity contribution < 1.29 is 4.79 Å². The van der Waals surface area contributed by atoms with Gasteiger partial charge in [0.25, 0.3) is 0 Å². The first-order valence-corrected chi connectivity index (χ1v) is 9.23. The van der Waals surface area contributed by atoms with E-state index in [1.54, 1.807) is 0 Å². The average Bonchev–Trinajstić information content (AvgIpc) is 2.88. The predicted octanol–water partition coefficient (Wildman–Crippen LogP) is 2.05. The van der Waals surface area contributed by atoms with Gasteiger partial charge in [0, 0.05) is 32.2 Å². The molecule has 3 aliphatic rings. The van der Waals surface area contributed by atoms with Gasteiger partial charge in [-0.3, -0.25) is 9.69 Å². The summed E-state index contributed by atoms with van der Waals surface area (Å²) in [4.78, 5) is 19.7. The van der Waals surface area contributed by atoms with Crippen molar-refractivity contribution in [2.45, 2.75) is 57.5 Å². The van der Waals surface area contributed by atoms with Crippen LogP contribution in [0, 0.1) is 11.8 Å². The van der Waals surface area contributed by atoms with Gasteiger partial charge in [-0.05, 0) is 64.0 Å². The van der Waals surface area contributed by atoms with E-state index in [9.17, 15) is 4.79 Å². The molecule has 3 fully saturated rings. The van der Waals surface area contributed by atoms with Gasteiger partial charge in [-0.1, -0.05) is 6.92 Å². The lowest BCUT2D eigenvalue weighted by Crippen LogP contribution is -2.51. The van der Waals surface area contributed by atoms with Gasteiger partial charge in [0.1, 0.15) is 0 Å². The molecule has 2 atom stereocenters. The van der Waals surface area contributed by atoms with Gasteiger partial charge in [-0.2, -0.15) is 0 Å². The minimum atomic E-state index is 0.342. The Kier molecular flexibility index (Phi) is 5.08. The third-order valence-corrected chi connectivity index (χ3v) is 6.34. The van der Waals surface area contributed by atoms with Crippen molar-refractivity contribution in [3.05, 3.63) is 0 Å². The van der Waals surface area contributed by atoms with Crippen molar-refractivity contribution in [2.75, 3.05) is 40.3 Å². The number of hydrogen-bond acceptors (Lipinski definition) is 3. The maximum Gasteiger partial charge on any atom is 0.236 e. The molecule has 1 amide bonds. The van der Waals surface area contributed by atoms with E-state index >= 15 is 0 Å². The fourth-order valence-electron chi connectivity index (χ4n) is 4.80. The second-order valence-electron chi connectivity index (χ2n) is 8.08. The third-order valence-electron chi connectivity index (χ3n) is 6.34. The van der Waals surface area contributed by atoms with Crippen LogP contribution in [0.5, 0.6) is 0 Å². The maximum atomic E-state index is 12.7. The molecule has 0 aromatic carbocycles. The highest BCUT2D eigenvalue weighted by Gasteiger charge is 2.38. The second kappa shape index (κ2) is 6.88. The number of amides is 1. The molecule has 0 spiro atoms. The van der Waals surface area contributed by atoms with Crippen molar-refractivity contribution in [1.82, 2.24) is 14.7 Å². The summed E-state index contributed by atoms with van der Waals surface area (Å²) >= 11 is 0. The molecule has 4 heteroatoms. The summed E-state index contributed by atoms with van der Waals surface area (Å²) in [6.45, 7) is 6.44. The molecule has 22 heavy (non-hydrogen) atoms. The van der Waals surface area contributed by atoms with Crippen LogP contribution in [0.1, 0.15) is 45.4 Å². The number of hydrogen-bond donors (Lipinski definition) is 0. The van der Waals surface area contributed by atoms with Gasteiger partial charge in [0.2, 0.25) is 5.91 Å². The van der Waals surface area contributed by atoms with E-state index in [1.807, 2.05) is 7.05 Å². The first-order valence-electron chi connectivity index (χ1n) is 9.23. The summed E-state index contributed by atoms with van der Waals surface area (Å²) in [5, 5.41) is 0. The number of nitrogens with zero attached hydrogens (tertiary/aromatic N) is 3. The Balaban J connectivity index is 1.54. The van der Waals surface area contributed by atoms with Gasteiger partial charge < -0.3 is 9.80 Å². The van der Waals surface area contributed by atoms with Crippen molar-refractivity contribution in [1.29, 1.82) is 0 Å². The molecule has 126 valence electrons. The molecule has 1 aliphatic carbocycles. The van der Waals surface area contributed by atoms with Crippen LogP contribution in [0.3, 0.4) is 0 Å². The van der Waals surface area contributed by atoms with Crippen LogP contribution in [-0.2, 0) is 4.79 Å². The van der Waals surface area contributed by atoms with Crippen LogP contribution >= 0.6 is 0 Å². The lowest BCUT2D eigenvalue weighted by Gasteiger charge is -2.39. The zero-order valence-corrected chi connectivity index (χ0v) is 14.6. The Bertz CT molecular complexity index is 392. The molecular weight excluding hydrogens is 274 g/mol. The largest absolute Gasteiger partial charge is 0.342 e. The zero-order valence-electron chi connectivity index (χ0n) is 14.6. The quantitative estimate of drug-likeness (QED) is 0.798. The van der Waals surface area contributed by atoms with Crippen LogP contribution < -0.4 is 0 Å². The van der Waals surface area contributed by atoms with Crippen molar-refractivity contribution in [3.8, 4) is 0 Å². The average molecular weight is 307 g/mol. The van der Waals surface area contributed by atoms with Crippen molar-refractivity contribution in [2.24, 2.45) is 11.8 Å². The van der Waals surface area contributed by atoms with Crippen LogP contribution in [0.25, 0.3) is 0 Å². The van der Waals surface area contributed by atoms with E-state index in [2.05, 4.69) is 28.7 Å². The smallest absolute Gasteiger partial charge is 0.236 e. The predicted molar refractivity (Wildman–Crippen MR) is 89.8 cm³/mol. The second-order valence-corrected chi connectivity index (χ2v) is 8.08. The Hall–Kier alpha value is -0.610. The minimum Gasteiger partial charge on any atom is -0.342 e. The molecule has 2 heterocycles. The van der Waals surface area contributed by atoms with E-state index in [4.69, 9.17) is 0 Å². The summed E-state index contributed by atoms with van der Waals surface area (Å²) < 4.78 is 0. The molecule has 2 unspecified atom stereocenters. The summed E-state index contributed by atoms with van der Waals surface area (Å²) in [5.74, 6) is 1.97. The monoisotopic (exact) mass is 307 g/mol. The van der Waals surface area contributed by atoms with Crippen molar-refractivity contribution >= 4 is 5.91 Å². The van der Waals surface area contributed by atoms with E-state index < -0.39 is 0 Å². The van der Waals surface area contributed by atoms with E-state index in [0.717, 1.165) is 24.9 Å². The molecule has 0 N–H and O–H groups in total. The normalized spacial score (nSPS) is 37.0. The number of piperidine rings is 1. The highest BCUT2D eigenvalue weighted by Crippen LogP contribution is 2.30. The first-order chi connectivity index (χ1) is 10.5. The number of carbonyl (C=O) groups is 1. The van der Waals surface area contributed by atoms with Crippen LogP contribution in [0.2, 0.25) is 0 Å². The Morgan fingerprint density at radius 3 is 2.59 bits per heavy atom. The van der Waals surface area contributed by atoms with Crippen LogP contribution in [0.4, 0.5) is 0 Å². The summed E-state index contributed by atoms with van der Waals surface area (Å²) in [5.41, 5.74) is 0. The highest BCUT2D eigenvalue weighted by molar-refractivity contribution is 5.78. The number of likely N-dealkylation sites (N-methyl/N-ethyl adjacent to an activating group) is 2. The number of likely N-dealkylation sites (tertiary alicyclic amines) is 2. The molecule has 1 saturated carbocycles. The summed E-state index contributed by atoms with van der Waals surface area (Å²) in [6, 6.07) is 1.10. The lowest BCUT2D eigenvalue weighted by atomic mass is 9.86. The Labute approximate surface area is 135 Å². The molecule has 3 rings (SSSR count). The van der Waals surface area contributed by atoms with Gasteiger partial charge in [-0.25, -0.2) is 0 Å². The molecule has 2 saturated heterocycles. The molecule has 0 aromatic rings. The van der Waals surface area contributed by atoms with Gasteiger partial charge in [0.15, 0.2) is 0 Å². The lowest BCUT2D eigenvalue weighted by molar-refractivity contribution is -0.135. The molecule has 0 bridgehead atoms.